The van der Waals surface area contributed by atoms with Crippen LogP contribution in [0.25, 0.3) is 0 Å². The fraction of sp³-hybridized carbons (Fsp3) is 0.714. The van der Waals surface area contributed by atoms with Crippen molar-refractivity contribution in [1.82, 2.24) is 5.32 Å². The SMILES string of the molecule is N[C@@]12CCC=C1C[N]C2. The molecular formula is C7H11N2. The largest absolute Gasteiger partial charge is 0.321 e. The van der Waals surface area contributed by atoms with Crippen molar-refractivity contribution in [2.24, 2.45) is 5.73 Å². The zero-order valence-electron chi connectivity index (χ0n) is 5.43. The molecule has 0 spiro atoms. The van der Waals surface area contributed by atoms with Crippen molar-refractivity contribution in [3.05, 3.63) is 11.6 Å². The van der Waals surface area contributed by atoms with Gasteiger partial charge in [0.1, 0.15) is 0 Å². The minimum atomic E-state index is -0.000000000000000222. The third-order valence-corrected chi connectivity index (χ3v) is 2.30. The molecule has 2 aliphatic rings. The van der Waals surface area contributed by atoms with Gasteiger partial charge in [0, 0.05) is 13.1 Å². The van der Waals surface area contributed by atoms with Crippen LogP contribution >= 0.6 is 0 Å². The molecule has 0 unspecified atom stereocenters. The van der Waals surface area contributed by atoms with Gasteiger partial charge < -0.3 is 5.73 Å². The van der Waals surface area contributed by atoms with Crippen molar-refractivity contribution < 1.29 is 0 Å². The Morgan fingerprint density at radius 2 is 2.56 bits per heavy atom. The van der Waals surface area contributed by atoms with Crippen molar-refractivity contribution in [2.75, 3.05) is 13.1 Å². The smallest absolute Gasteiger partial charge is 0.0528 e. The molecular weight excluding hydrogens is 112 g/mol. The summed E-state index contributed by atoms with van der Waals surface area (Å²) < 4.78 is 0. The van der Waals surface area contributed by atoms with E-state index in [9.17, 15) is 0 Å². The molecule has 2 N–H and O–H groups in total. The van der Waals surface area contributed by atoms with Crippen LogP contribution in [0.15, 0.2) is 11.6 Å². The summed E-state index contributed by atoms with van der Waals surface area (Å²) in [7, 11) is 0. The summed E-state index contributed by atoms with van der Waals surface area (Å²) in [6.45, 7) is 1.76. The second-order valence-corrected chi connectivity index (χ2v) is 2.96. The standard InChI is InChI=1S/C7H11N2/c8-7-3-1-2-6(7)4-9-5-7/h2H,1,3-5,8H2/t7-/m1/s1. The Morgan fingerprint density at radius 1 is 1.67 bits per heavy atom. The zero-order valence-corrected chi connectivity index (χ0v) is 5.43. The highest BCUT2D eigenvalue weighted by Crippen LogP contribution is 2.30. The van der Waals surface area contributed by atoms with Gasteiger partial charge in [-0.2, -0.15) is 0 Å². The van der Waals surface area contributed by atoms with E-state index in [1.165, 1.54) is 12.0 Å². The predicted octanol–water partition coefficient (Wildman–Crippen LogP) is 0.0221. The maximum Gasteiger partial charge on any atom is 0.0528 e. The van der Waals surface area contributed by atoms with Crippen molar-refractivity contribution in [1.29, 1.82) is 0 Å². The topological polar surface area (TPSA) is 40.1 Å². The molecule has 1 saturated heterocycles. The van der Waals surface area contributed by atoms with Gasteiger partial charge in [-0.25, -0.2) is 5.32 Å². The molecule has 0 aromatic rings. The van der Waals surface area contributed by atoms with E-state index in [4.69, 9.17) is 5.73 Å². The number of nitrogens with zero attached hydrogens (tertiary/aromatic N) is 1. The lowest BCUT2D eigenvalue weighted by Crippen LogP contribution is -2.40. The molecule has 1 aliphatic heterocycles. The van der Waals surface area contributed by atoms with E-state index in [-0.39, 0.29) is 5.54 Å². The molecule has 1 fully saturated rings. The Bertz CT molecular complexity index is 162. The van der Waals surface area contributed by atoms with Crippen LogP contribution < -0.4 is 11.1 Å². The van der Waals surface area contributed by atoms with Crippen LogP contribution in [0, 0.1) is 0 Å². The summed E-state index contributed by atoms with van der Waals surface area (Å²) in [4.78, 5) is 0. The van der Waals surface area contributed by atoms with E-state index in [0.717, 1.165) is 19.5 Å². The van der Waals surface area contributed by atoms with E-state index < -0.39 is 0 Å². The van der Waals surface area contributed by atoms with Gasteiger partial charge in [0.05, 0.1) is 5.54 Å². The number of allylic oxidation sites excluding steroid dienone is 1. The third-order valence-electron chi connectivity index (χ3n) is 2.30. The quantitative estimate of drug-likeness (QED) is 0.453. The lowest BCUT2D eigenvalue weighted by atomic mass is 9.97. The first-order chi connectivity index (χ1) is 4.31. The summed E-state index contributed by atoms with van der Waals surface area (Å²) >= 11 is 0. The molecule has 9 heavy (non-hydrogen) atoms. The molecule has 2 nitrogen and oxygen atoms in total. The first kappa shape index (κ1) is 5.45. The van der Waals surface area contributed by atoms with Gasteiger partial charge in [0.25, 0.3) is 0 Å². The van der Waals surface area contributed by atoms with Gasteiger partial charge in [-0.15, -0.1) is 0 Å². The minimum absolute atomic E-state index is 0.000000000000000222. The summed E-state index contributed by atoms with van der Waals surface area (Å²) in [6.07, 6.45) is 4.53. The van der Waals surface area contributed by atoms with Gasteiger partial charge in [0.2, 0.25) is 0 Å². The van der Waals surface area contributed by atoms with Gasteiger partial charge >= 0.3 is 0 Å². The van der Waals surface area contributed by atoms with E-state index in [0.29, 0.717) is 0 Å². The average molecular weight is 123 g/mol. The summed E-state index contributed by atoms with van der Waals surface area (Å²) in [5.74, 6) is 0. The Kier molecular flexibility index (Phi) is 0.957. The lowest BCUT2D eigenvalue weighted by molar-refractivity contribution is 0.520. The van der Waals surface area contributed by atoms with E-state index in [1.54, 1.807) is 0 Å². The minimum Gasteiger partial charge on any atom is -0.321 e. The molecule has 2 rings (SSSR count). The van der Waals surface area contributed by atoms with Crippen LogP contribution in [0.2, 0.25) is 0 Å². The summed E-state index contributed by atoms with van der Waals surface area (Å²) in [5.41, 5.74) is 7.38. The van der Waals surface area contributed by atoms with Crippen molar-refractivity contribution in [2.45, 2.75) is 18.4 Å². The Morgan fingerprint density at radius 3 is 3.33 bits per heavy atom. The van der Waals surface area contributed by atoms with Crippen LogP contribution in [0.3, 0.4) is 0 Å². The van der Waals surface area contributed by atoms with E-state index in [2.05, 4.69) is 11.4 Å². The number of rotatable bonds is 0. The van der Waals surface area contributed by atoms with Crippen LogP contribution in [0.1, 0.15) is 12.8 Å². The van der Waals surface area contributed by atoms with Crippen LogP contribution in [0.5, 0.6) is 0 Å². The number of hydrogen-bond donors (Lipinski definition) is 1. The molecule has 0 bridgehead atoms. The molecule has 0 saturated carbocycles. The fourth-order valence-electron chi connectivity index (χ4n) is 1.65. The first-order valence-corrected chi connectivity index (χ1v) is 3.43. The second-order valence-electron chi connectivity index (χ2n) is 2.96. The molecule has 1 atom stereocenters. The highest BCUT2D eigenvalue weighted by atomic mass is 15.0. The first-order valence-electron chi connectivity index (χ1n) is 3.43. The Balaban J connectivity index is 2.31. The predicted molar refractivity (Wildman–Crippen MR) is 36.1 cm³/mol. The van der Waals surface area contributed by atoms with E-state index >= 15 is 0 Å². The monoisotopic (exact) mass is 123 g/mol. The van der Waals surface area contributed by atoms with Gasteiger partial charge in [-0.3, -0.25) is 0 Å². The lowest BCUT2D eigenvalue weighted by Gasteiger charge is -2.17. The Hall–Kier alpha value is -0.340. The molecule has 0 amide bonds. The maximum absolute atomic E-state index is 6.00. The summed E-state index contributed by atoms with van der Waals surface area (Å²) in [6, 6.07) is 0. The highest BCUT2D eigenvalue weighted by molar-refractivity contribution is 5.30. The molecule has 1 radical (unpaired) electrons. The molecule has 1 aliphatic carbocycles. The number of fused-ring (bicyclic) bond motifs is 1. The number of hydrogen-bond acceptors (Lipinski definition) is 1. The maximum atomic E-state index is 6.00. The highest BCUT2D eigenvalue weighted by Gasteiger charge is 2.37. The molecule has 49 valence electrons. The fourth-order valence-corrected chi connectivity index (χ4v) is 1.65. The van der Waals surface area contributed by atoms with Crippen molar-refractivity contribution >= 4 is 0 Å². The van der Waals surface area contributed by atoms with Gasteiger partial charge in [0.15, 0.2) is 0 Å². The Labute approximate surface area is 55.1 Å². The normalized spacial score (nSPS) is 40.8. The number of nitrogens with two attached hydrogens (primary N) is 1. The zero-order chi connectivity index (χ0) is 6.32. The van der Waals surface area contributed by atoms with Crippen LogP contribution in [-0.2, 0) is 0 Å². The summed E-state index contributed by atoms with van der Waals surface area (Å²) in [5, 5.41) is 4.25. The van der Waals surface area contributed by atoms with Crippen molar-refractivity contribution in [3.63, 3.8) is 0 Å². The average Bonchev–Trinajstić information content (AvgIpc) is 2.22. The molecule has 2 heteroatoms. The van der Waals surface area contributed by atoms with E-state index in [1.807, 2.05) is 0 Å². The second kappa shape index (κ2) is 1.58. The van der Waals surface area contributed by atoms with Gasteiger partial charge in [-0.05, 0) is 18.4 Å². The molecule has 0 aromatic carbocycles. The molecule has 0 aromatic heterocycles. The van der Waals surface area contributed by atoms with Crippen LogP contribution in [0.4, 0.5) is 0 Å². The third kappa shape index (κ3) is 0.635. The molecule has 1 heterocycles. The van der Waals surface area contributed by atoms with Crippen LogP contribution in [-0.4, -0.2) is 18.6 Å². The van der Waals surface area contributed by atoms with Gasteiger partial charge in [-0.1, -0.05) is 6.08 Å². The van der Waals surface area contributed by atoms with Crippen molar-refractivity contribution in [3.8, 4) is 0 Å².